The van der Waals surface area contributed by atoms with E-state index in [-0.39, 0.29) is 0 Å². The van der Waals surface area contributed by atoms with Crippen molar-refractivity contribution in [3.05, 3.63) is 11.6 Å². The minimum absolute atomic E-state index is 0.953. The number of hydrogen-bond donors (Lipinski definition) is 0. The maximum Gasteiger partial charge on any atom is 0.460 e. The summed E-state index contributed by atoms with van der Waals surface area (Å²) in [7, 11) is 0. The summed E-state index contributed by atoms with van der Waals surface area (Å²) in [5.74, 6) is -227. The Morgan fingerprint density at radius 3 is 0.377 bits per heavy atom. The first-order chi connectivity index (χ1) is 49.0. The van der Waals surface area contributed by atoms with Gasteiger partial charge in [0, 0.05) is 0 Å². The highest BCUT2D eigenvalue weighted by Gasteiger charge is 2.89. The van der Waals surface area contributed by atoms with Crippen molar-refractivity contribution in [1.82, 2.24) is 19.9 Å². The number of ether oxygens (including phenoxy) is 6. The molecule has 0 saturated carbocycles. The molecule has 0 fully saturated rings. The normalized spacial score (nSPS) is 16.0. The summed E-state index contributed by atoms with van der Waals surface area (Å²) in [5.41, 5.74) is 0. The SMILES string of the molecule is FC(F)(F)C(F)(F)C(F)(F)C(F)(F)COc1nc(C(F)(F)C(F)(F)C(F)(F)C(F)(F)c2nc(OCC(F)(F)C(F)(F)C(F)(F)C(F)(F)F)c(OCC(F)(F)C(F)(F)C(F)(F)C(F)(F)F)c(OCC(F)(F)C(F)(F)C(F)(F)C(F)(F)F)n2)nc(OCC(F)(F)C(F)(F)C(F)(F)C(F)(F)F)c1OCC(F)(F)C(F)(F)C(F)(F)C(F)(F)F. The lowest BCUT2D eigenvalue weighted by molar-refractivity contribution is -0.398. The molecule has 72 heteroatoms. The van der Waals surface area contributed by atoms with Gasteiger partial charge in [0.05, 0.1) is 0 Å². The first-order valence-electron chi connectivity index (χ1n) is 25.3. The van der Waals surface area contributed by atoms with Crippen LogP contribution in [0.25, 0.3) is 0 Å². The molecule has 2 rings (SSSR count). The van der Waals surface area contributed by atoms with Gasteiger partial charge in [-0.05, 0) is 0 Å². The number of hydrogen-bond acceptors (Lipinski definition) is 10. The lowest BCUT2D eigenvalue weighted by Crippen LogP contribution is -2.62. The second kappa shape index (κ2) is 28.7. The zero-order valence-corrected chi connectivity index (χ0v) is 49.9. The Hall–Kier alpha value is -7.38. The van der Waals surface area contributed by atoms with E-state index in [1.54, 1.807) is 0 Å². The molecule has 0 aliphatic heterocycles. The van der Waals surface area contributed by atoms with Crippen molar-refractivity contribution < 1.29 is 301 Å². The lowest BCUT2D eigenvalue weighted by Gasteiger charge is -2.36. The van der Waals surface area contributed by atoms with Crippen LogP contribution in [0.2, 0.25) is 0 Å². The van der Waals surface area contributed by atoms with Crippen LogP contribution in [-0.4, -0.2) is 215 Å². The van der Waals surface area contributed by atoms with Crippen molar-refractivity contribution in [3.8, 4) is 35.0 Å². The molecule has 0 saturated heterocycles. The van der Waals surface area contributed by atoms with Crippen LogP contribution in [0.1, 0.15) is 11.6 Å². The van der Waals surface area contributed by atoms with Gasteiger partial charge in [0.1, 0.15) is 0 Å². The Morgan fingerprint density at radius 1 is 0.149 bits per heavy atom. The van der Waals surface area contributed by atoms with Crippen LogP contribution < -0.4 is 28.4 Å². The zero-order valence-electron chi connectivity index (χ0n) is 49.9. The van der Waals surface area contributed by atoms with Gasteiger partial charge in [-0.25, -0.2) is 0 Å². The van der Waals surface area contributed by atoms with Gasteiger partial charge >= 0.3 is 167 Å². The summed E-state index contributed by atoms with van der Waals surface area (Å²) in [6, 6.07) is 0. The highest BCUT2D eigenvalue weighted by atomic mass is 19.5. The Bertz CT molecular complexity index is 3300. The third-order valence-corrected chi connectivity index (χ3v) is 13.0. The maximum atomic E-state index is 16.2. The number of nitrogens with zero attached hydrogens (tertiary/aromatic N) is 4. The minimum atomic E-state index is -9.68. The summed E-state index contributed by atoms with van der Waals surface area (Å²) in [5, 5.41) is 0. The van der Waals surface area contributed by atoms with E-state index in [1.165, 1.54) is 0 Å². The van der Waals surface area contributed by atoms with Gasteiger partial charge in [-0.1, -0.05) is 0 Å². The fraction of sp³-hybridized carbons (Fsp3) is 0.810. The van der Waals surface area contributed by atoms with Crippen LogP contribution in [0.5, 0.6) is 35.0 Å². The fourth-order valence-corrected chi connectivity index (χ4v) is 6.37. The fourth-order valence-electron chi connectivity index (χ4n) is 6.37. The molecule has 0 atom stereocenters. The number of rotatable bonds is 35. The Morgan fingerprint density at radius 2 is 0.263 bits per heavy atom. The number of aromatic nitrogens is 4. The van der Waals surface area contributed by atoms with Crippen LogP contribution >= 0.6 is 0 Å². The molecule has 0 radical (unpaired) electrons. The summed E-state index contributed by atoms with van der Waals surface area (Å²) >= 11 is 0. The van der Waals surface area contributed by atoms with E-state index in [2.05, 4.69) is 28.4 Å². The summed E-state index contributed by atoms with van der Waals surface area (Å²) in [6.45, 7) is -29.9. The smallest absolute Gasteiger partial charge is 0.460 e. The molecule has 2 heterocycles. The summed E-state index contributed by atoms with van der Waals surface area (Å²) < 4.78 is 889. The van der Waals surface area contributed by atoms with Crippen LogP contribution in [0.4, 0.5) is 272 Å². The molecule has 0 unspecified atom stereocenters. The molecule has 670 valence electrons. The largest absolute Gasteiger partial charge is 0.477 e. The van der Waals surface area contributed by atoms with Crippen molar-refractivity contribution in [2.45, 2.75) is 167 Å². The zero-order chi connectivity index (χ0) is 91.9. The monoisotopic (exact) mass is 1850 g/mol. The van der Waals surface area contributed by atoms with Gasteiger partial charge in [0.25, 0.3) is 23.5 Å². The van der Waals surface area contributed by atoms with Crippen molar-refractivity contribution in [2.75, 3.05) is 39.6 Å². The molecular formula is C42H12F62N4O6. The molecule has 114 heavy (non-hydrogen) atoms. The Balaban J connectivity index is 3.71. The van der Waals surface area contributed by atoms with E-state index in [9.17, 15) is 237 Å². The lowest BCUT2D eigenvalue weighted by atomic mass is 9.97. The molecule has 0 N–H and O–H groups in total. The van der Waals surface area contributed by atoms with Crippen LogP contribution in [0.15, 0.2) is 0 Å². The van der Waals surface area contributed by atoms with E-state index in [4.69, 9.17) is 0 Å². The van der Waals surface area contributed by atoms with Crippen LogP contribution in [-0.2, 0) is 11.8 Å². The molecule has 2 aromatic heterocycles. The van der Waals surface area contributed by atoms with E-state index in [0.717, 1.165) is 19.9 Å². The predicted molar refractivity (Wildman–Crippen MR) is 220 cm³/mol. The average molecular weight is 1850 g/mol. The highest BCUT2D eigenvalue weighted by molar-refractivity contribution is 5.46. The topological polar surface area (TPSA) is 107 Å². The molecular weight excluding hydrogens is 1830 g/mol. The highest BCUT2D eigenvalue weighted by Crippen LogP contribution is 2.64. The third-order valence-electron chi connectivity index (χ3n) is 13.0. The second-order valence-electron chi connectivity index (χ2n) is 21.1. The van der Waals surface area contributed by atoms with Gasteiger partial charge in [-0.3, -0.25) is 0 Å². The Labute approximate surface area is 575 Å². The molecule has 0 spiro atoms. The average Bonchev–Trinajstić information content (AvgIpc) is 0.716. The first kappa shape index (κ1) is 103. The summed E-state index contributed by atoms with van der Waals surface area (Å²) in [4.78, 5) is 3.81. The molecule has 0 bridgehead atoms. The van der Waals surface area contributed by atoms with Crippen molar-refractivity contribution in [3.63, 3.8) is 0 Å². The maximum absolute atomic E-state index is 16.2. The van der Waals surface area contributed by atoms with E-state index in [0.29, 0.717) is 0 Å². The van der Waals surface area contributed by atoms with Crippen molar-refractivity contribution in [1.29, 1.82) is 0 Å². The molecule has 0 aromatic carbocycles. The molecule has 0 aliphatic rings. The third kappa shape index (κ3) is 16.4. The van der Waals surface area contributed by atoms with Gasteiger partial charge in [-0.2, -0.15) is 292 Å². The van der Waals surface area contributed by atoms with E-state index >= 15 is 35.1 Å². The predicted octanol–water partition coefficient (Wildman–Crippen LogP) is 20.5. The molecule has 0 amide bonds. The van der Waals surface area contributed by atoms with Crippen molar-refractivity contribution >= 4 is 0 Å². The number of alkyl halides is 62. The van der Waals surface area contributed by atoms with E-state index < -0.39 is 254 Å². The second-order valence-corrected chi connectivity index (χ2v) is 21.1. The number of halogens is 62. The molecule has 2 aromatic rings. The molecule has 0 aliphatic carbocycles. The van der Waals surface area contributed by atoms with Gasteiger partial charge in [0.15, 0.2) is 39.6 Å². The quantitative estimate of drug-likeness (QED) is 0.0619. The van der Waals surface area contributed by atoms with Crippen molar-refractivity contribution in [2.24, 2.45) is 0 Å². The van der Waals surface area contributed by atoms with Gasteiger partial charge in [0.2, 0.25) is 23.1 Å². The van der Waals surface area contributed by atoms with Gasteiger partial charge < -0.3 is 28.4 Å². The minimum Gasteiger partial charge on any atom is -0.477 e. The molecule has 10 nitrogen and oxygen atoms in total. The first-order valence-corrected chi connectivity index (χ1v) is 25.3. The van der Waals surface area contributed by atoms with Crippen LogP contribution in [0, 0.1) is 0 Å². The van der Waals surface area contributed by atoms with E-state index in [1.807, 2.05) is 0 Å². The Kier molecular flexibility index (Phi) is 25.9. The summed E-state index contributed by atoms with van der Waals surface area (Å²) in [6.07, 6.45) is -49.7. The van der Waals surface area contributed by atoms with Gasteiger partial charge in [-0.15, -0.1) is 0 Å². The standard InChI is InChI=1S/C42H12F62N4O6/c43-15(44,23(59,60)31(75,76)37(87,88)89)1-109-7-9(111-3-17(47,48)25(63,64)33(79,80)39(93,94)95)105-13(106-10(7)112-4-18(49,50)26(65,66)34(81,82)40(96,97)98)21(55,56)29(71,72)30(73,74)22(57,58)14-107-11(113-5-19(51,52)27(67,68)35(83,84)41(99,100)101)8(110-2-16(45,46)24(61,62)32(77,78)38(90,91)92)12(108-14)114-6-20(53,54)28(69,70)36(85,86)42(102,103)104/h1-6H2. The van der Waals surface area contributed by atoms with Crippen LogP contribution in [0.3, 0.4) is 0 Å².